The third-order valence-corrected chi connectivity index (χ3v) is 5.71. The van der Waals surface area contributed by atoms with Gasteiger partial charge >= 0.3 is 0 Å². The van der Waals surface area contributed by atoms with Crippen LogP contribution in [0.2, 0.25) is 0 Å². The Kier molecular flexibility index (Phi) is 7.27. The van der Waals surface area contributed by atoms with Gasteiger partial charge in [-0.05, 0) is 60.2 Å². The lowest BCUT2D eigenvalue weighted by molar-refractivity contribution is -0.127. The zero-order valence-electron chi connectivity index (χ0n) is 16.5. The fourth-order valence-electron chi connectivity index (χ4n) is 2.66. The smallest absolute Gasteiger partial charge is 0.232 e. The van der Waals surface area contributed by atoms with Gasteiger partial charge < -0.3 is 9.64 Å². The molecule has 9 heteroatoms. The molecule has 0 radical (unpaired) electrons. The summed E-state index contributed by atoms with van der Waals surface area (Å²) >= 11 is 4.71. The van der Waals surface area contributed by atoms with Crippen LogP contribution in [-0.4, -0.2) is 57.0 Å². The summed E-state index contributed by atoms with van der Waals surface area (Å²) in [5.41, 5.74) is 3.16. The van der Waals surface area contributed by atoms with Gasteiger partial charge in [0.15, 0.2) is 0 Å². The zero-order chi connectivity index (χ0) is 20.8. The van der Waals surface area contributed by atoms with Gasteiger partial charge in [0, 0.05) is 11.5 Å². The summed E-state index contributed by atoms with van der Waals surface area (Å²) in [6, 6.07) is 13.7. The quantitative estimate of drug-likeness (QED) is 0.462. The van der Waals surface area contributed by atoms with E-state index >= 15 is 0 Å². The van der Waals surface area contributed by atoms with Crippen molar-refractivity contribution in [3.63, 3.8) is 0 Å². The average molecular weight is 476 g/mol. The highest BCUT2D eigenvalue weighted by molar-refractivity contribution is 9.10. The Labute approximate surface area is 182 Å². The molecule has 0 aliphatic carbocycles. The van der Waals surface area contributed by atoms with Crippen molar-refractivity contribution in [3.05, 3.63) is 58.1 Å². The Balaban J connectivity index is 1.51. The van der Waals surface area contributed by atoms with E-state index in [1.807, 2.05) is 50.2 Å². The number of hydrogen-bond donors (Lipinski definition) is 0. The van der Waals surface area contributed by atoms with Crippen LogP contribution in [0, 0.1) is 13.8 Å². The lowest BCUT2D eigenvalue weighted by Gasteiger charge is -2.17. The molecule has 0 unspecified atom stereocenters. The number of rotatable bonds is 8. The Morgan fingerprint density at radius 1 is 1.21 bits per heavy atom. The lowest BCUT2D eigenvalue weighted by atomic mass is 10.1. The maximum atomic E-state index is 12.5. The second kappa shape index (κ2) is 9.89. The summed E-state index contributed by atoms with van der Waals surface area (Å²) in [6.07, 6.45) is 0. The van der Waals surface area contributed by atoms with Crippen molar-refractivity contribution in [1.29, 1.82) is 0 Å². The molecular formula is C20H22BrN5O2S. The third-order valence-electron chi connectivity index (χ3n) is 4.28. The number of likely N-dealkylation sites (N-methyl/N-ethyl adjacent to an activating group) is 1. The molecule has 0 saturated carbocycles. The number of aromatic nitrogens is 4. The molecule has 152 valence electrons. The number of ether oxygens (including phenoxy) is 1. The standard InChI is InChI=1S/C20H22BrN5O2S/c1-14-4-9-18(15(2)12-14)26-20(22-23-24-26)29-13-19(27)25(3)10-11-28-17-7-5-16(21)6-8-17/h4-9,12H,10-11,13H2,1-3H3. The average Bonchev–Trinajstić information content (AvgIpc) is 3.15. The second-order valence-corrected chi connectivity index (χ2v) is 8.43. The van der Waals surface area contributed by atoms with Crippen molar-refractivity contribution in [2.24, 2.45) is 0 Å². The normalized spacial score (nSPS) is 10.8. The summed E-state index contributed by atoms with van der Waals surface area (Å²) in [5, 5.41) is 12.5. The first-order valence-electron chi connectivity index (χ1n) is 9.05. The number of halogens is 1. The van der Waals surface area contributed by atoms with Gasteiger partial charge in [0.25, 0.3) is 0 Å². The van der Waals surface area contributed by atoms with E-state index in [9.17, 15) is 4.79 Å². The number of aryl methyl sites for hydroxylation is 2. The van der Waals surface area contributed by atoms with Gasteiger partial charge in [-0.1, -0.05) is 45.4 Å². The minimum atomic E-state index is -0.00964. The van der Waals surface area contributed by atoms with Gasteiger partial charge in [0.2, 0.25) is 11.1 Å². The van der Waals surface area contributed by atoms with Gasteiger partial charge in [-0.3, -0.25) is 4.79 Å². The van der Waals surface area contributed by atoms with Crippen molar-refractivity contribution in [2.75, 3.05) is 26.0 Å². The van der Waals surface area contributed by atoms with Crippen LogP contribution in [0.1, 0.15) is 11.1 Å². The highest BCUT2D eigenvalue weighted by atomic mass is 79.9. The number of amides is 1. The van der Waals surface area contributed by atoms with Crippen LogP contribution >= 0.6 is 27.7 Å². The van der Waals surface area contributed by atoms with Crippen molar-refractivity contribution < 1.29 is 9.53 Å². The SMILES string of the molecule is Cc1ccc(-n2nnnc2SCC(=O)N(C)CCOc2ccc(Br)cc2)c(C)c1. The summed E-state index contributed by atoms with van der Waals surface area (Å²) in [5.74, 6) is 1.01. The van der Waals surface area contributed by atoms with Crippen LogP contribution in [0.15, 0.2) is 52.1 Å². The van der Waals surface area contributed by atoms with E-state index in [1.54, 1.807) is 16.6 Å². The molecule has 0 atom stereocenters. The Bertz CT molecular complexity index is 977. The number of nitrogens with zero attached hydrogens (tertiary/aromatic N) is 5. The molecule has 0 spiro atoms. The van der Waals surface area contributed by atoms with E-state index in [0.29, 0.717) is 18.3 Å². The fraction of sp³-hybridized carbons (Fsp3) is 0.300. The van der Waals surface area contributed by atoms with Crippen LogP contribution in [-0.2, 0) is 4.79 Å². The van der Waals surface area contributed by atoms with Gasteiger partial charge in [-0.2, -0.15) is 4.68 Å². The monoisotopic (exact) mass is 475 g/mol. The molecule has 3 rings (SSSR count). The summed E-state index contributed by atoms with van der Waals surface area (Å²) in [4.78, 5) is 14.1. The fourth-order valence-corrected chi connectivity index (χ4v) is 3.74. The maximum Gasteiger partial charge on any atom is 0.232 e. The first kappa shape index (κ1) is 21.3. The Morgan fingerprint density at radius 2 is 1.97 bits per heavy atom. The third kappa shape index (κ3) is 5.80. The molecule has 0 fully saturated rings. The Morgan fingerprint density at radius 3 is 2.69 bits per heavy atom. The van der Waals surface area contributed by atoms with Gasteiger partial charge in [0.05, 0.1) is 18.0 Å². The zero-order valence-corrected chi connectivity index (χ0v) is 18.9. The predicted octanol–water partition coefficient (Wildman–Crippen LogP) is 3.67. The minimum Gasteiger partial charge on any atom is -0.492 e. The van der Waals surface area contributed by atoms with Crippen LogP contribution < -0.4 is 4.74 Å². The molecule has 0 bridgehead atoms. The van der Waals surface area contributed by atoms with Crippen LogP contribution in [0.5, 0.6) is 5.75 Å². The molecule has 7 nitrogen and oxygen atoms in total. The van der Waals surface area contributed by atoms with Crippen molar-refractivity contribution in [3.8, 4) is 11.4 Å². The number of benzene rings is 2. The van der Waals surface area contributed by atoms with E-state index in [-0.39, 0.29) is 11.7 Å². The number of tetrazole rings is 1. The lowest BCUT2D eigenvalue weighted by Crippen LogP contribution is -2.32. The van der Waals surface area contributed by atoms with Gasteiger partial charge in [0.1, 0.15) is 12.4 Å². The maximum absolute atomic E-state index is 12.5. The number of hydrogen-bond acceptors (Lipinski definition) is 6. The minimum absolute atomic E-state index is 0.00964. The molecule has 0 N–H and O–H groups in total. The molecule has 1 aromatic heterocycles. The Hall–Kier alpha value is -2.39. The highest BCUT2D eigenvalue weighted by Crippen LogP contribution is 2.21. The van der Waals surface area contributed by atoms with Crippen LogP contribution in [0.3, 0.4) is 0 Å². The second-order valence-electron chi connectivity index (χ2n) is 6.57. The van der Waals surface area contributed by atoms with Crippen LogP contribution in [0.4, 0.5) is 0 Å². The summed E-state index contributed by atoms with van der Waals surface area (Å²) in [6.45, 7) is 4.98. The molecular weight excluding hydrogens is 454 g/mol. The molecule has 0 aliphatic heterocycles. The first-order chi connectivity index (χ1) is 13.9. The summed E-state index contributed by atoms with van der Waals surface area (Å²) < 4.78 is 8.34. The van der Waals surface area contributed by atoms with Gasteiger partial charge in [-0.15, -0.1) is 5.10 Å². The largest absolute Gasteiger partial charge is 0.492 e. The van der Waals surface area contributed by atoms with E-state index in [1.165, 1.54) is 17.3 Å². The predicted molar refractivity (Wildman–Crippen MR) is 117 cm³/mol. The van der Waals surface area contributed by atoms with Crippen molar-refractivity contribution in [2.45, 2.75) is 19.0 Å². The highest BCUT2D eigenvalue weighted by Gasteiger charge is 2.15. The van der Waals surface area contributed by atoms with E-state index in [4.69, 9.17) is 4.74 Å². The molecule has 3 aromatic rings. The van der Waals surface area contributed by atoms with Crippen LogP contribution in [0.25, 0.3) is 5.69 Å². The summed E-state index contributed by atoms with van der Waals surface area (Å²) in [7, 11) is 1.76. The molecule has 1 heterocycles. The van der Waals surface area contributed by atoms with Crippen molar-refractivity contribution in [1.82, 2.24) is 25.1 Å². The number of thioether (sulfide) groups is 1. The van der Waals surface area contributed by atoms with E-state index in [0.717, 1.165) is 21.5 Å². The van der Waals surface area contributed by atoms with Gasteiger partial charge in [-0.25, -0.2) is 0 Å². The first-order valence-corrected chi connectivity index (χ1v) is 10.8. The van der Waals surface area contributed by atoms with E-state index < -0.39 is 0 Å². The molecule has 1 amide bonds. The molecule has 2 aromatic carbocycles. The topological polar surface area (TPSA) is 73.1 Å². The number of carbonyl (C=O) groups excluding carboxylic acids is 1. The van der Waals surface area contributed by atoms with Crippen molar-refractivity contribution >= 4 is 33.6 Å². The molecule has 0 aliphatic rings. The van der Waals surface area contributed by atoms with E-state index in [2.05, 4.69) is 37.5 Å². The molecule has 0 saturated heterocycles. The number of carbonyl (C=O) groups is 1. The molecule has 29 heavy (non-hydrogen) atoms.